The Morgan fingerprint density at radius 3 is 2.62 bits per heavy atom. The molecular weight excluding hydrogens is 329 g/mol. The Labute approximate surface area is 152 Å². The van der Waals surface area contributed by atoms with Crippen LogP contribution in [0, 0.1) is 11.7 Å². The minimum atomic E-state index is -0.335. The fraction of sp³-hybridized carbons (Fsp3) is 0.238. The molecule has 0 aliphatic rings. The van der Waals surface area contributed by atoms with Crippen LogP contribution in [0.25, 0.3) is 5.69 Å². The van der Waals surface area contributed by atoms with Crippen LogP contribution in [0.3, 0.4) is 0 Å². The first-order valence-electron chi connectivity index (χ1n) is 8.69. The molecule has 3 aromatic rings. The van der Waals surface area contributed by atoms with Crippen molar-refractivity contribution >= 4 is 5.91 Å². The minimum Gasteiger partial charge on any atom is -0.348 e. The highest BCUT2D eigenvalue weighted by Gasteiger charge is 2.18. The second-order valence-electron chi connectivity index (χ2n) is 6.68. The van der Waals surface area contributed by atoms with E-state index < -0.39 is 0 Å². The molecule has 0 spiro atoms. The van der Waals surface area contributed by atoms with Crippen LogP contribution in [0.1, 0.15) is 35.5 Å². The van der Waals surface area contributed by atoms with Crippen LogP contribution in [0.2, 0.25) is 0 Å². The van der Waals surface area contributed by atoms with E-state index in [1.165, 1.54) is 12.1 Å². The number of rotatable bonds is 6. The molecule has 0 aliphatic carbocycles. The number of carbonyl (C=O) groups excluding carboxylic acids is 1. The van der Waals surface area contributed by atoms with Gasteiger partial charge in [-0.3, -0.25) is 4.79 Å². The molecule has 5 heteroatoms. The Kier molecular flexibility index (Phi) is 5.46. The molecule has 1 heterocycles. The third-order valence-electron chi connectivity index (χ3n) is 4.01. The van der Waals surface area contributed by atoms with E-state index in [1.54, 1.807) is 23.0 Å². The maximum Gasteiger partial charge on any atom is 0.255 e. The molecule has 0 saturated carbocycles. The summed E-state index contributed by atoms with van der Waals surface area (Å²) >= 11 is 0. The van der Waals surface area contributed by atoms with E-state index >= 15 is 0 Å². The number of hydrogen-bond acceptors (Lipinski definition) is 2. The second-order valence-corrected chi connectivity index (χ2v) is 6.68. The number of halogens is 1. The first-order chi connectivity index (χ1) is 12.5. The summed E-state index contributed by atoms with van der Waals surface area (Å²) in [5, 5.41) is 7.47. The average molecular weight is 351 g/mol. The number of hydrogen-bond donors (Lipinski definition) is 1. The van der Waals surface area contributed by atoms with Gasteiger partial charge in [0.1, 0.15) is 5.82 Å². The standard InChI is InChI=1S/C21H22FN3O/c1-15(2)11-20-19(21(26)23-13-16-7-4-3-5-8-16)14-25(24-20)18-10-6-9-17(22)12-18/h3-10,12,14-15H,11,13H2,1-2H3,(H,23,26). The van der Waals surface area contributed by atoms with E-state index in [0.717, 1.165) is 11.3 Å². The van der Waals surface area contributed by atoms with Crippen LogP contribution < -0.4 is 5.32 Å². The molecule has 1 N–H and O–H groups in total. The Morgan fingerprint density at radius 2 is 1.92 bits per heavy atom. The van der Waals surface area contributed by atoms with Crippen LogP contribution in [-0.2, 0) is 13.0 Å². The van der Waals surface area contributed by atoms with E-state index in [-0.39, 0.29) is 11.7 Å². The topological polar surface area (TPSA) is 46.9 Å². The molecule has 2 aromatic carbocycles. The normalized spacial score (nSPS) is 10.9. The fourth-order valence-electron chi connectivity index (χ4n) is 2.76. The maximum absolute atomic E-state index is 13.5. The first kappa shape index (κ1) is 17.9. The van der Waals surface area contributed by atoms with Crippen LogP contribution in [0.5, 0.6) is 0 Å². The van der Waals surface area contributed by atoms with Crippen molar-refractivity contribution in [3.8, 4) is 5.69 Å². The predicted octanol–water partition coefficient (Wildman–Crippen LogP) is 4.14. The van der Waals surface area contributed by atoms with Gasteiger partial charge in [0, 0.05) is 12.7 Å². The zero-order chi connectivity index (χ0) is 18.5. The van der Waals surface area contributed by atoms with Gasteiger partial charge in [-0.05, 0) is 36.1 Å². The summed E-state index contributed by atoms with van der Waals surface area (Å²) in [5.41, 5.74) is 2.87. The zero-order valence-electron chi connectivity index (χ0n) is 14.9. The van der Waals surface area contributed by atoms with Crippen molar-refractivity contribution in [3.63, 3.8) is 0 Å². The van der Waals surface area contributed by atoms with Crippen molar-refractivity contribution in [1.29, 1.82) is 0 Å². The summed E-state index contributed by atoms with van der Waals surface area (Å²) in [6.45, 7) is 4.60. The number of nitrogens with one attached hydrogen (secondary N) is 1. The highest BCUT2D eigenvalue weighted by molar-refractivity contribution is 5.95. The molecule has 0 radical (unpaired) electrons. The third-order valence-corrected chi connectivity index (χ3v) is 4.01. The molecular formula is C21H22FN3O. The van der Waals surface area contributed by atoms with Gasteiger partial charge in [-0.1, -0.05) is 50.2 Å². The predicted molar refractivity (Wildman–Crippen MR) is 99.7 cm³/mol. The molecule has 0 saturated heterocycles. The summed E-state index contributed by atoms with van der Waals surface area (Å²) in [6.07, 6.45) is 2.35. The van der Waals surface area contributed by atoms with Crippen LogP contribution >= 0.6 is 0 Å². The lowest BCUT2D eigenvalue weighted by molar-refractivity contribution is 0.0950. The molecule has 134 valence electrons. The summed E-state index contributed by atoms with van der Waals surface area (Å²) in [4.78, 5) is 12.7. The highest BCUT2D eigenvalue weighted by atomic mass is 19.1. The van der Waals surface area contributed by atoms with Gasteiger partial charge in [-0.25, -0.2) is 9.07 Å². The molecule has 0 bridgehead atoms. The van der Waals surface area contributed by atoms with Crippen LogP contribution in [0.4, 0.5) is 4.39 Å². The number of benzene rings is 2. The quantitative estimate of drug-likeness (QED) is 0.725. The monoisotopic (exact) mass is 351 g/mol. The average Bonchev–Trinajstić information content (AvgIpc) is 3.04. The van der Waals surface area contributed by atoms with Crippen molar-refractivity contribution in [2.24, 2.45) is 5.92 Å². The van der Waals surface area contributed by atoms with Gasteiger partial charge in [-0.15, -0.1) is 0 Å². The lowest BCUT2D eigenvalue weighted by Crippen LogP contribution is -2.23. The van der Waals surface area contributed by atoms with Crippen molar-refractivity contribution < 1.29 is 9.18 Å². The van der Waals surface area contributed by atoms with Crippen molar-refractivity contribution in [3.05, 3.63) is 83.4 Å². The van der Waals surface area contributed by atoms with Crippen LogP contribution in [-0.4, -0.2) is 15.7 Å². The first-order valence-corrected chi connectivity index (χ1v) is 8.69. The van der Waals surface area contributed by atoms with Gasteiger partial charge in [0.2, 0.25) is 0 Å². The second kappa shape index (κ2) is 7.95. The molecule has 1 aromatic heterocycles. The molecule has 1 amide bonds. The minimum absolute atomic E-state index is 0.174. The van der Waals surface area contributed by atoms with Gasteiger partial charge < -0.3 is 5.32 Å². The molecule has 26 heavy (non-hydrogen) atoms. The zero-order valence-corrected chi connectivity index (χ0v) is 14.9. The summed E-state index contributed by atoms with van der Waals surface area (Å²) in [7, 11) is 0. The van der Waals surface area contributed by atoms with E-state index in [0.29, 0.717) is 30.1 Å². The van der Waals surface area contributed by atoms with Crippen molar-refractivity contribution in [2.45, 2.75) is 26.8 Å². The number of nitrogens with zero attached hydrogens (tertiary/aromatic N) is 2. The van der Waals surface area contributed by atoms with E-state index in [2.05, 4.69) is 24.3 Å². The van der Waals surface area contributed by atoms with E-state index in [4.69, 9.17) is 0 Å². The molecule has 0 aliphatic heterocycles. The molecule has 4 nitrogen and oxygen atoms in total. The highest BCUT2D eigenvalue weighted by Crippen LogP contribution is 2.17. The lowest BCUT2D eigenvalue weighted by Gasteiger charge is -2.06. The fourth-order valence-corrected chi connectivity index (χ4v) is 2.76. The molecule has 3 rings (SSSR count). The summed E-state index contributed by atoms with van der Waals surface area (Å²) in [6, 6.07) is 15.9. The van der Waals surface area contributed by atoms with Gasteiger partial charge in [-0.2, -0.15) is 5.10 Å². The van der Waals surface area contributed by atoms with Crippen molar-refractivity contribution in [1.82, 2.24) is 15.1 Å². The van der Waals surface area contributed by atoms with E-state index in [9.17, 15) is 9.18 Å². The third kappa shape index (κ3) is 4.36. The number of carbonyl (C=O) groups is 1. The van der Waals surface area contributed by atoms with Gasteiger partial charge in [0.05, 0.1) is 16.9 Å². The largest absolute Gasteiger partial charge is 0.348 e. The Bertz CT molecular complexity index is 887. The number of amides is 1. The Balaban J connectivity index is 1.85. The summed E-state index contributed by atoms with van der Waals surface area (Å²) < 4.78 is 15.1. The molecule has 0 fully saturated rings. The number of aromatic nitrogens is 2. The maximum atomic E-state index is 13.5. The SMILES string of the molecule is CC(C)Cc1nn(-c2cccc(F)c2)cc1C(=O)NCc1ccccc1. The van der Waals surface area contributed by atoms with Gasteiger partial charge in [0.15, 0.2) is 0 Å². The van der Waals surface area contributed by atoms with Crippen molar-refractivity contribution in [2.75, 3.05) is 0 Å². The van der Waals surface area contributed by atoms with Gasteiger partial charge in [0.25, 0.3) is 5.91 Å². The Hall–Kier alpha value is -2.95. The van der Waals surface area contributed by atoms with Gasteiger partial charge >= 0.3 is 0 Å². The summed E-state index contributed by atoms with van der Waals surface area (Å²) in [5.74, 6) is -0.155. The molecule has 0 atom stereocenters. The lowest BCUT2D eigenvalue weighted by atomic mass is 10.0. The van der Waals surface area contributed by atoms with Crippen LogP contribution in [0.15, 0.2) is 60.8 Å². The van der Waals surface area contributed by atoms with E-state index in [1.807, 2.05) is 30.3 Å². The molecule has 0 unspecified atom stereocenters. The smallest absolute Gasteiger partial charge is 0.255 e. The Morgan fingerprint density at radius 1 is 1.15 bits per heavy atom.